The monoisotopic (exact) mass is 327 g/mol. The van der Waals surface area contributed by atoms with Crippen molar-refractivity contribution in [1.29, 1.82) is 0 Å². The molecule has 0 saturated carbocycles. The van der Waals surface area contributed by atoms with Crippen molar-refractivity contribution in [3.8, 4) is 5.75 Å². The number of rotatable bonds is 6. The van der Waals surface area contributed by atoms with Crippen LogP contribution in [0.15, 0.2) is 24.3 Å². The number of sulfonamides is 1. The molecular weight excluding hydrogens is 306 g/mol. The molecule has 1 saturated heterocycles. The maximum absolute atomic E-state index is 11.4. The number of Topliss-reactive ketones (excluding diaryl/α,β-unsaturated/α-hetero) is 1. The molecule has 2 atom stereocenters. The Labute approximate surface area is 130 Å². The molecule has 0 bridgehead atoms. The van der Waals surface area contributed by atoms with Crippen LogP contribution < -0.4 is 9.46 Å². The number of ketones is 1. The largest absolute Gasteiger partial charge is 0.493 e. The molecule has 0 aromatic heterocycles. The molecule has 0 aliphatic carbocycles. The van der Waals surface area contributed by atoms with Crippen molar-refractivity contribution in [2.24, 2.45) is 5.92 Å². The minimum absolute atomic E-state index is 0.00430. The van der Waals surface area contributed by atoms with Crippen LogP contribution in [0.3, 0.4) is 0 Å². The van der Waals surface area contributed by atoms with Gasteiger partial charge in [-0.05, 0) is 37.6 Å². The van der Waals surface area contributed by atoms with Gasteiger partial charge in [-0.1, -0.05) is 0 Å². The third kappa shape index (κ3) is 5.08. The molecular formula is C15H21NO5S. The summed E-state index contributed by atoms with van der Waals surface area (Å²) in [6, 6.07) is 6.71. The van der Waals surface area contributed by atoms with E-state index in [0.717, 1.165) is 6.26 Å². The fourth-order valence-electron chi connectivity index (χ4n) is 2.38. The molecule has 0 unspecified atom stereocenters. The molecule has 22 heavy (non-hydrogen) atoms. The Kier molecular flexibility index (Phi) is 5.55. The smallest absolute Gasteiger partial charge is 0.208 e. The number of carbonyl (C=O) groups excluding carboxylic acids is 1. The van der Waals surface area contributed by atoms with Gasteiger partial charge in [0.2, 0.25) is 10.0 Å². The first-order valence-electron chi connectivity index (χ1n) is 7.14. The van der Waals surface area contributed by atoms with Crippen LogP contribution in [0.4, 0.5) is 0 Å². The van der Waals surface area contributed by atoms with E-state index in [-0.39, 0.29) is 17.7 Å². The van der Waals surface area contributed by atoms with Crippen LogP contribution in [0.5, 0.6) is 5.75 Å². The number of hydrogen-bond donors (Lipinski definition) is 1. The van der Waals surface area contributed by atoms with E-state index in [1.165, 1.54) is 6.92 Å². The van der Waals surface area contributed by atoms with Crippen molar-refractivity contribution in [1.82, 2.24) is 4.72 Å². The van der Waals surface area contributed by atoms with Crippen molar-refractivity contribution >= 4 is 15.8 Å². The van der Waals surface area contributed by atoms with E-state index in [9.17, 15) is 13.2 Å². The quantitative estimate of drug-likeness (QED) is 0.795. The van der Waals surface area contributed by atoms with Gasteiger partial charge in [0.1, 0.15) is 5.75 Å². The molecule has 7 heteroatoms. The maximum atomic E-state index is 11.4. The Morgan fingerprint density at radius 1 is 1.36 bits per heavy atom. The van der Waals surface area contributed by atoms with Gasteiger partial charge in [0.05, 0.1) is 19.5 Å². The Hall–Kier alpha value is -1.44. The van der Waals surface area contributed by atoms with Crippen LogP contribution in [0, 0.1) is 5.92 Å². The van der Waals surface area contributed by atoms with Gasteiger partial charge < -0.3 is 9.47 Å². The van der Waals surface area contributed by atoms with Gasteiger partial charge >= 0.3 is 0 Å². The number of ether oxygens (including phenoxy) is 2. The average Bonchev–Trinajstić information content (AvgIpc) is 2.45. The van der Waals surface area contributed by atoms with Crippen molar-refractivity contribution in [3.05, 3.63) is 29.8 Å². The van der Waals surface area contributed by atoms with E-state index >= 15 is 0 Å². The first kappa shape index (κ1) is 16.9. The van der Waals surface area contributed by atoms with Crippen LogP contribution >= 0.6 is 0 Å². The van der Waals surface area contributed by atoms with E-state index in [1.807, 2.05) is 0 Å². The third-order valence-electron chi connectivity index (χ3n) is 3.56. The number of hydrogen-bond acceptors (Lipinski definition) is 5. The topological polar surface area (TPSA) is 81.7 Å². The second-order valence-corrected chi connectivity index (χ2v) is 7.29. The zero-order valence-electron chi connectivity index (χ0n) is 12.7. The van der Waals surface area contributed by atoms with Crippen molar-refractivity contribution in [3.63, 3.8) is 0 Å². The number of carbonyl (C=O) groups is 1. The molecule has 1 heterocycles. The van der Waals surface area contributed by atoms with Crippen molar-refractivity contribution < 1.29 is 22.7 Å². The highest BCUT2D eigenvalue weighted by Gasteiger charge is 2.28. The third-order valence-corrected chi connectivity index (χ3v) is 4.30. The SMILES string of the molecule is CC(=O)c1ccc(OC[C@H]2COCC[C@@H]2NS(C)(=O)=O)cc1. The minimum Gasteiger partial charge on any atom is -0.493 e. The van der Waals surface area contributed by atoms with Gasteiger partial charge in [0.25, 0.3) is 0 Å². The Morgan fingerprint density at radius 2 is 2.05 bits per heavy atom. The van der Waals surface area contributed by atoms with Gasteiger partial charge in [0.15, 0.2) is 5.78 Å². The van der Waals surface area contributed by atoms with E-state index in [2.05, 4.69) is 4.72 Å². The van der Waals surface area contributed by atoms with Crippen molar-refractivity contribution in [2.45, 2.75) is 19.4 Å². The first-order chi connectivity index (χ1) is 10.3. The van der Waals surface area contributed by atoms with Gasteiger partial charge in [0, 0.05) is 24.1 Å². The zero-order valence-corrected chi connectivity index (χ0v) is 13.6. The fourth-order valence-corrected chi connectivity index (χ4v) is 3.24. The lowest BCUT2D eigenvalue weighted by Gasteiger charge is -2.31. The van der Waals surface area contributed by atoms with Crippen molar-refractivity contribution in [2.75, 3.05) is 26.1 Å². The first-order valence-corrected chi connectivity index (χ1v) is 9.03. The Bertz CT molecular complexity index is 611. The summed E-state index contributed by atoms with van der Waals surface area (Å²) in [5.74, 6) is 0.606. The lowest BCUT2D eigenvalue weighted by molar-refractivity contribution is 0.0187. The standard InChI is InChI=1S/C15H21NO5S/c1-11(17)12-3-5-14(6-4-12)21-10-13-9-20-8-7-15(13)16-22(2,18)19/h3-6,13,15-16H,7-10H2,1-2H3/t13-,15+/m1/s1. The summed E-state index contributed by atoms with van der Waals surface area (Å²) in [6.07, 6.45) is 1.78. The highest BCUT2D eigenvalue weighted by Crippen LogP contribution is 2.19. The number of nitrogens with one attached hydrogen (secondary N) is 1. The summed E-state index contributed by atoms with van der Waals surface area (Å²) in [6.45, 7) is 2.86. The van der Waals surface area contributed by atoms with E-state index < -0.39 is 10.0 Å². The van der Waals surface area contributed by atoms with Crippen LogP contribution in [-0.2, 0) is 14.8 Å². The highest BCUT2D eigenvalue weighted by molar-refractivity contribution is 7.88. The second kappa shape index (κ2) is 7.21. The minimum atomic E-state index is -3.25. The number of benzene rings is 1. The molecule has 0 amide bonds. The van der Waals surface area contributed by atoms with Gasteiger partial charge in [-0.2, -0.15) is 0 Å². The molecule has 122 valence electrons. The summed E-state index contributed by atoms with van der Waals surface area (Å²) in [7, 11) is -3.25. The average molecular weight is 327 g/mol. The molecule has 2 rings (SSSR count). The fraction of sp³-hybridized carbons (Fsp3) is 0.533. The van der Waals surface area contributed by atoms with E-state index in [1.54, 1.807) is 24.3 Å². The normalized spacial score (nSPS) is 22.3. The van der Waals surface area contributed by atoms with Gasteiger partial charge in [-0.25, -0.2) is 13.1 Å². The predicted molar refractivity (Wildman–Crippen MR) is 82.6 cm³/mol. The lowest BCUT2D eigenvalue weighted by Crippen LogP contribution is -2.47. The second-order valence-electron chi connectivity index (χ2n) is 5.51. The summed E-state index contributed by atoms with van der Waals surface area (Å²) in [5.41, 5.74) is 0.630. The molecule has 1 aliphatic rings. The van der Waals surface area contributed by atoms with E-state index in [4.69, 9.17) is 9.47 Å². The molecule has 0 spiro atoms. The molecule has 1 aromatic rings. The molecule has 1 aliphatic heterocycles. The molecule has 0 radical (unpaired) electrons. The van der Waals surface area contributed by atoms with Crippen LogP contribution in [0.2, 0.25) is 0 Å². The Morgan fingerprint density at radius 3 is 2.64 bits per heavy atom. The van der Waals surface area contributed by atoms with Gasteiger partial charge in [-0.15, -0.1) is 0 Å². The summed E-state index contributed by atoms with van der Waals surface area (Å²) in [4.78, 5) is 11.2. The molecule has 6 nitrogen and oxygen atoms in total. The summed E-state index contributed by atoms with van der Waals surface area (Å²) in [5, 5.41) is 0. The van der Waals surface area contributed by atoms with E-state index in [0.29, 0.717) is 37.6 Å². The Balaban J connectivity index is 1.94. The predicted octanol–water partition coefficient (Wildman–Crippen LogP) is 1.22. The lowest BCUT2D eigenvalue weighted by atomic mass is 9.98. The van der Waals surface area contributed by atoms with Gasteiger partial charge in [-0.3, -0.25) is 4.79 Å². The molecule has 1 aromatic carbocycles. The maximum Gasteiger partial charge on any atom is 0.208 e. The zero-order chi connectivity index (χ0) is 16.2. The van der Waals surface area contributed by atoms with Crippen LogP contribution in [0.1, 0.15) is 23.7 Å². The van der Waals surface area contributed by atoms with Crippen LogP contribution in [-0.4, -0.2) is 46.3 Å². The highest BCUT2D eigenvalue weighted by atomic mass is 32.2. The molecule has 1 N–H and O–H groups in total. The molecule has 1 fully saturated rings. The summed E-state index contributed by atoms with van der Waals surface area (Å²) < 4.78 is 36.5. The summed E-state index contributed by atoms with van der Waals surface area (Å²) >= 11 is 0. The van der Waals surface area contributed by atoms with Crippen LogP contribution in [0.25, 0.3) is 0 Å².